The summed E-state index contributed by atoms with van der Waals surface area (Å²) in [5.41, 5.74) is 2.83. The van der Waals surface area contributed by atoms with Gasteiger partial charge in [-0.3, -0.25) is 0 Å². The molecular weight excluding hydrogens is 556 g/mol. The molecular formula is C41H52O4. The van der Waals surface area contributed by atoms with Gasteiger partial charge in [0.1, 0.15) is 11.7 Å². The monoisotopic (exact) mass is 608 g/mol. The van der Waals surface area contributed by atoms with E-state index < -0.39 is 5.60 Å². The van der Waals surface area contributed by atoms with Gasteiger partial charge in [-0.25, -0.2) is 9.59 Å². The van der Waals surface area contributed by atoms with Gasteiger partial charge < -0.3 is 9.47 Å². The molecule has 0 bridgehead atoms. The van der Waals surface area contributed by atoms with Crippen molar-refractivity contribution in [2.24, 2.45) is 40.4 Å². The Morgan fingerprint density at radius 1 is 0.889 bits per heavy atom. The first-order valence-electron chi connectivity index (χ1n) is 17.4. The van der Waals surface area contributed by atoms with Crippen molar-refractivity contribution in [2.75, 3.05) is 0 Å². The number of benzene rings is 2. The molecule has 6 rings (SSSR count). The van der Waals surface area contributed by atoms with Crippen molar-refractivity contribution in [1.82, 2.24) is 0 Å². The number of fused-ring (bicyclic) bond motifs is 5. The number of hydrogen-bond donors (Lipinski definition) is 0. The maximum atomic E-state index is 12.8. The van der Waals surface area contributed by atoms with Crippen LogP contribution in [0.25, 0.3) is 0 Å². The quantitative estimate of drug-likeness (QED) is 0.221. The Bertz CT molecular complexity index is 1420. The fourth-order valence-corrected chi connectivity index (χ4v) is 10.1. The summed E-state index contributed by atoms with van der Waals surface area (Å²) < 4.78 is 11.9. The van der Waals surface area contributed by atoms with Crippen LogP contribution in [-0.4, -0.2) is 23.6 Å². The third-order valence-corrected chi connectivity index (χ3v) is 12.5. The highest BCUT2D eigenvalue weighted by molar-refractivity contribution is 5.90. The molecule has 4 aliphatic rings. The van der Waals surface area contributed by atoms with E-state index in [9.17, 15) is 9.59 Å². The van der Waals surface area contributed by atoms with Crippen molar-refractivity contribution in [3.63, 3.8) is 0 Å². The average molecular weight is 609 g/mol. The van der Waals surface area contributed by atoms with E-state index in [1.807, 2.05) is 62.4 Å². The molecule has 0 N–H and O–H groups in total. The van der Waals surface area contributed by atoms with Gasteiger partial charge in [-0.15, -0.1) is 0 Å². The smallest absolute Gasteiger partial charge is 0.338 e. The first kappa shape index (κ1) is 31.8. The molecule has 8 atom stereocenters. The molecule has 4 heteroatoms. The van der Waals surface area contributed by atoms with Gasteiger partial charge in [0.2, 0.25) is 0 Å². The molecule has 0 saturated heterocycles. The molecule has 3 saturated carbocycles. The minimum Gasteiger partial charge on any atom is -0.458 e. The van der Waals surface area contributed by atoms with E-state index in [-0.39, 0.29) is 23.5 Å². The van der Waals surface area contributed by atoms with Crippen LogP contribution in [0.15, 0.2) is 84.5 Å². The van der Waals surface area contributed by atoms with E-state index in [2.05, 4.69) is 39.0 Å². The normalized spacial score (nSPS) is 33.4. The van der Waals surface area contributed by atoms with Crippen LogP contribution in [0, 0.1) is 40.4 Å². The predicted octanol–water partition coefficient (Wildman–Crippen LogP) is 10.0. The summed E-state index contributed by atoms with van der Waals surface area (Å²) in [7, 11) is 0. The van der Waals surface area contributed by atoms with E-state index in [0.717, 1.165) is 37.0 Å². The maximum absolute atomic E-state index is 12.8. The van der Waals surface area contributed by atoms with Crippen molar-refractivity contribution in [1.29, 1.82) is 0 Å². The zero-order chi connectivity index (χ0) is 31.8. The summed E-state index contributed by atoms with van der Waals surface area (Å²) in [5.74, 6) is 2.97. The molecule has 2 aromatic rings. The first-order chi connectivity index (χ1) is 21.5. The van der Waals surface area contributed by atoms with Gasteiger partial charge in [0.15, 0.2) is 0 Å². The Morgan fingerprint density at radius 3 is 2.24 bits per heavy atom. The Hall–Kier alpha value is -3.14. The second-order valence-electron chi connectivity index (χ2n) is 15.6. The van der Waals surface area contributed by atoms with E-state index in [4.69, 9.17) is 9.47 Å². The second kappa shape index (κ2) is 12.6. The maximum Gasteiger partial charge on any atom is 0.338 e. The van der Waals surface area contributed by atoms with Crippen LogP contribution in [0.2, 0.25) is 0 Å². The zero-order valence-electron chi connectivity index (χ0n) is 28.0. The van der Waals surface area contributed by atoms with Crippen molar-refractivity contribution >= 4 is 11.9 Å². The molecule has 0 radical (unpaired) electrons. The van der Waals surface area contributed by atoms with Gasteiger partial charge in [-0.2, -0.15) is 0 Å². The van der Waals surface area contributed by atoms with E-state index in [1.54, 1.807) is 17.7 Å². The van der Waals surface area contributed by atoms with Gasteiger partial charge in [0, 0.05) is 12.8 Å². The van der Waals surface area contributed by atoms with Crippen LogP contribution in [0.1, 0.15) is 113 Å². The summed E-state index contributed by atoms with van der Waals surface area (Å²) in [6, 6.07) is 18.7. The van der Waals surface area contributed by atoms with Crippen molar-refractivity contribution in [3.8, 4) is 0 Å². The first-order valence-corrected chi connectivity index (χ1v) is 17.4. The molecule has 3 fully saturated rings. The Kier molecular flexibility index (Phi) is 8.89. The largest absolute Gasteiger partial charge is 0.458 e. The fourth-order valence-electron chi connectivity index (χ4n) is 10.1. The lowest BCUT2D eigenvalue weighted by atomic mass is 9.47. The Balaban J connectivity index is 1.07. The Morgan fingerprint density at radius 2 is 1.56 bits per heavy atom. The highest BCUT2D eigenvalue weighted by atomic mass is 16.6. The van der Waals surface area contributed by atoms with Crippen LogP contribution in [0.4, 0.5) is 0 Å². The highest BCUT2D eigenvalue weighted by Gasteiger charge is 2.59. The summed E-state index contributed by atoms with van der Waals surface area (Å²) in [5, 5.41) is 0. The summed E-state index contributed by atoms with van der Waals surface area (Å²) >= 11 is 0. The van der Waals surface area contributed by atoms with Crippen LogP contribution in [-0.2, 0) is 9.47 Å². The molecule has 0 aromatic heterocycles. The fraction of sp³-hybridized carbons (Fsp3) is 0.561. The predicted molar refractivity (Wildman–Crippen MR) is 180 cm³/mol. The molecule has 0 amide bonds. The van der Waals surface area contributed by atoms with Crippen LogP contribution in [0.5, 0.6) is 0 Å². The molecule has 4 aliphatic carbocycles. The molecule has 0 heterocycles. The topological polar surface area (TPSA) is 52.6 Å². The molecule has 45 heavy (non-hydrogen) atoms. The van der Waals surface area contributed by atoms with Gasteiger partial charge in [0.05, 0.1) is 11.1 Å². The highest BCUT2D eigenvalue weighted by Crippen LogP contribution is 2.67. The molecule has 0 spiro atoms. The number of carbonyl (C=O) groups excluding carboxylic acids is 2. The van der Waals surface area contributed by atoms with Gasteiger partial charge in [0.25, 0.3) is 0 Å². The van der Waals surface area contributed by atoms with Gasteiger partial charge in [-0.05, 0) is 123 Å². The number of hydrogen-bond acceptors (Lipinski definition) is 4. The van der Waals surface area contributed by atoms with Gasteiger partial charge >= 0.3 is 11.9 Å². The molecule has 2 aromatic carbocycles. The zero-order valence-corrected chi connectivity index (χ0v) is 28.0. The van der Waals surface area contributed by atoms with Crippen LogP contribution in [0.3, 0.4) is 0 Å². The lowest BCUT2D eigenvalue weighted by Crippen LogP contribution is -2.51. The molecule has 0 unspecified atom stereocenters. The minimum atomic E-state index is -0.552. The number of ether oxygens (including phenoxy) is 2. The Labute approximate surface area is 270 Å². The van der Waals surface area contributed by atoms with Crippen molar-refractivity contribution in [3.05, 3.63) is 95.6 Å². The van der Waals surface area contributed by atoms with Crippen LogP contribution < -0.4 is 0 Å². The lowest BCUT2D eigenvalue weighted by Gasteiger charge is -2.58. The second-order valence-corrected chi connectivity index (χ2v) is 15.6. The summed E-state index contributed by atoms with van der Waals surface area (Å²) in [6.45, 7) is 11.5. The third-order valence-electron chi connectivity index (χ3n) is 12.5. The van der Waals surface area contributed by atoms with E-state index >= 15 is 0 Å². The third kappa shape index (κ3) is 6.31. The standard InChI is InChI=1S/C41H52O4/c1-28(13-12-24-39(2,3)45-38(43)30-16-10-7-11-17-30)34-20-21-35-33-19-18-31-27-32(44-37(42)29-14-8-6-9-15-29)22-25-40(31,4)36(33)23-26-41(34,35)5/h6-18,28,32-36H,19-27H2,1-5H3/b13-12+/t28-,32+,33+,34-,35+,36+,40+,41-/m1/s1. The minimum absolute atomic E-state index is 0.0160. The number of carbonyl (C=O) groups is 2. The molecule has 0 aliphatic heterocycles. The van der Waals surface area contributed by atoms with Crippen molar-refractivity contribution in [2.45, 2.75) is 104 Å². The average Bonchev–Trinajstić information content (AvgIpc) is 3.39. The SMILES string of the molecule is C[C@H](/C=C/CC(C)(C)OC(=O)c1ccccc1)[C@H]1CC[C@H]2[C@@H]3CC=C4C[C@@H](OC(=O)c5ccccc5)CC[C@]4(C)[C@H]3CC[C@]12C. The number of esters is 2. The van der Waals surface area contributed by atoms with Crippen LogP contribution >= 0.6 is 0 Å². The number of allylic oxidation sites excluding steroid dienone is 2. The molecule has 4 nitrogen and oxygen atoms in total. The molecule has 240 valence electrons. The van der Waals surface area contributed by atoms with E-state index in [0.29, 0.717) is 34.8 Å². The van der Waals surface area contributed by atoms with Crippen molar-refractivity contribution < 1.29 is 19.1 Å². The summed E-state index contributed by atoms with van der Waals surface area (Å²) in [4.78, 5) is 25.4. The van der Waals surface area contributed by atoms with E-state index in [1.165, 1.54) is 32.1 Å². The number of rotatable bonds is 8. The summed E-state index contributed by atoms with van der Waals surface area (Å²) in [6.07, 6.45) is 17.3. The van der Waals surface area contributed by atoms with Gasteiger partial charge in [-0.1, -0.05) is 81.0 Å². The lowest BCUT2D eigenvalue weighted by molar-refractivity contribution is -0.0565.